The molecule has 4 nitrogen and oxygen atoms in total. The lowest BCUT2D eigenvalue weighted by atomic mass is 9.95. The molecule has 2 aromatic heterocycles. The number of fused-ring (bicyclic) bond motifs is 2. The zero-order valence-corrected chi connectivity index (χ0v) is 16.6. The maximum atomic E-state index is 4.85. The van der Waals surface area contributed by atoms with Crippen LogP contribution in [0, 0.1) is 0 Å². The quantitative estimate of drug-likeness (QED) is 0.644. The number of rotatable bonds is 4. The molecule has 3 aromatic rings. The van der Waals surface area contributed by atoms with Crippen LogP contribution < -0.4 is 0 Å². The fraction of sp³-hybridized carbons (Fsp3) is 0.391. The zero-order valence-electron chi connectivity index (χ0n) is 16.6. The molecule has 0 aliphatic carbocycles. The number of hydrogen-bond donors (Lipinski definition) is 0. The van der Waals surface area contributed by atoms with Crippen LogP contribution in [-0.2, 0) is 31.5 Å². The molecule has 0 radical (unpaired) electrons. The smallest absolute Gasteiger partial charge is 0.133 e. The monoisotopic (exact) mass is 360 g/mol. The van der Waals surface area contributed by atoms with E-state index >= 15 is 0 Å². The Morgan fingerprint density at radius 2 is 2.04 bits per heavy atom. The number of allylic oxidation sites excluding steroid dienone is 1. The van der Waals surface area contributed by atoms with E-state index in [1.54, 1.807) is 0 Å². The lowest BCUT2D eigenvalue weighted by molar-refractivity contribution is 0.243. The van der Waals surface area contributed by atoms with Crippen LogP contribution in [0.15, 0.2) is 49.3 Å². The highest BCUT2D eigenvalue weighted by molar-refractivity contribution is 5.84. The number of benzene rings is 1. The Morgan fingerprint density at radius 3 is 2.81 bits per heavy atom. The summed E-state index contributed by atoms with van der Waals surface area (Å²) in [5, 5.41) is 1.34. The molecule has 0 unspecified atom stereocenters. The van der Waals surface area contributed by atoms with E-state index in [0.29, 0.717) is 0 Å². The second kappa shape index (κ2) is 6.93. The fourth-order valence-corrected chi connectivity index (χ4v) is 3.85. The molecule has 0 amide bonds. The molecule has 1 aromatic carbocycles. The molecule has 4 heteroatoms. The van der Waals surface area contributed by atoms with E-state index in [-0.39, 0.29) is 5.41 Å². The van der Waals surface area contributed by atoms with Gasteiger partial charge in [-0.15, -0.1) is 6.58 Å². The molecular weight excluding hydrogens is 332 g/mol. The Bertz CT molecular complexity index is 978. The van der Waals surface area contributed by atoms with Crippen molar-refractivity contribution in [3.8, 4) is 0 Å². The van der Waals surface area contributed by atoms with Crippen LogP contribution in [0.4, 0.5) is 0 Å². The van der Waals surface area contributed by atoms with E-state index in [9.17, 15) is 0 Å². The SMILES string of the molecule is C=CCn1cc(CN2CCc3nc(C(C)(C)C)ncc3C2)c2ccccc21. The maximum absolute atomic E-state index is 4.85. The van der Waals surface area contributed by atoms with E-state index in [1.807, 2.05) is 12.3 Å². The number of para-hydroxylation sites is 1. The van der Waals surface area contributed by atoms with Crippen LogP contribution in [-0.4, -0.2) is 26.0 Å². The average molecular weight is 361 g/mol. The van der Waals surface area contributed by atoms with Crippen LogP contribution >= 0.6 is 0 Å². The van der Waals surface area contributed by atoms with Gasteiger partial charge in [0, 0.05) is 72.6 Å². The number of hydrogen-bond acceptors (Lipinski definition) is 3. The number of nitrogens with zero attached hydrogens (tertiary/aromatic N) is 4. The van der Waals surface area contributed by atoms with Crippen molar-refractivity contribution in [1.29, 1.82) is 0 Å². The molecule has 0 fully saturated rings. The van der Waals surface area contributed by atoms with Gasteiger partial charge in [0.15, 0.2) is 0 Å². The van der Waals surface area contributed by atoms with Crippen LogP contribution in [0.3, 0.4) is 0 Å². The molecule has 4 rings (SSSR count). The average Bonchev–Trinajstić information content (AvgIpc) is 2.99. The Hall–Kier alpha value is -2.46. The molecule has 0 saturated heterocycles. The van der Waals surface area contributed by atoms with Gasteiger partial charge in [-0.25, -0.2) is 9.97 Å². The molecule has 0 saturated carbocycles. The highest BCUT2D eigenvalue weighted by Crippen LogP contribution is 2.26. The predicted molar refractivity (Wildman–Crippen MR) is 111 cm³/mol. The summed E-state index contributed by atoms with van der Waals surface area (Å²) in [6.45, 7) is 14.1. The number of aromatic nitrogens is 3. The van der Waals surface area contributed by atoms with Gasteiger partial charge in [0.25, 0.3) is 0 Å². The minimum absolute atomic E-state index is 0.000848. The summed E-state index contributed by atoms with van der Waals surface area (Å²) in [6.07, 6.45) is 7.26. The third kappa shape index (κ3) is 3.54. The molecule has 0 atom stereocenters. The summed E-state index contributed by atoms with van der Waals surface area (Å²) in [6, 6.07) is 8.64. The van der Waals surface area contributed by atoms with E-state index in [1.165, 1.54) is 27.7 Å². The summed E-state index contributed by atoms with van der Waals surface area (Å²) in [5.41, 5.74) is 5.15. The van der Waals surface area contributed by atoms with Crippen LogP contribution in [0.2, 0.25) is 0 Å². The van der Waals surface area contributed by atoms with Crippen LogP contribution in [0.25, 0.3) is 10.9 Å². The molecule has 3 heterocycles. The second-order valence-electron chi connectivity index (χ2n) is 8.49. The van der Waals surface area contributed by atoms with Crippen molar-refractivity contribution >= 4 is 10.9 Å². The third-order valence-corrected chi connectivity index (χ3v) is 5.27. The first-order valence-corrected chi connectivity index (χ1v) is 9.71. The standard InChI is InChI=1S/C23H28N4/c1-5-11-27-16-18(19-8-6-7-9-21(19)27)15-26-12-10-20-17(14-26)13-24-22(25-20)23(2,3)4/h5-9,13,16H,1,10-12,14-15H2,2-4H3. The Balaban J connectivity index is 1.57. The maximum Gasteiger partial charge on any atom is 0.133 e. The van der Waals surface area contributed by atoms with Gasteiger partial charge in [-0.3, -0.25) is 4.90 Å². The first-order valence-electron chi connectivity index (χ1n) is 9.71. The first-order chi connectivity index (χ1) is 13.0. The fourth-order valence-electron chi connectivity index (χ4n) is 3.85. The zero-order chi connectivity index (χ0) is 19.0. The van der Waals surface area contributed by atoms with E-state index in [0.717, 1.165) is 38.4 Å². The highest BCUT2D eigenvalue weighted by Gasteiger charge is 2.23. The Kier molecular flexibility index (Phi) is 4.60. The van der Waals surface area contributed by atoms with Gasteiger partial charge in [0.05, 0.1) is 0 Å². The summed E-state index contributed by atoms with van der Waals surface area (Å²) in [4.78, 5) is 12.0. The van der Waals surface area contributed by atoms with Gasteiger partial charge < -0.3 is 4.57 Å². The van der Waals surface area contributed by atoms with Crippen LogP contribution in [0.5, 0.6) is 0 Å². The van der Waals surface area contributed by atoms with E-state index < -0.39 is 0 Å². The minimum atomic E-state index is -0.000848. The highest BCUT2D eigenvalue weighted by atomic mass is 15.1. The predicted octanol–water partition coefficient (Wildman–Crippen LogP) is 4.47. The molecule has 0 N–H and O–H groups in total. The van der Waals surface area contributed by atoms with Gasteiger partial charge in [-0.2, -0.15) is 0 Å². The lowest BCUT2D eigenvalue weighted by Gasteiger charge is -2.29. The molecule has 27 heavy (non-hydrogen) atoms. The van der Waals surface area contributed by atoms with Crippen molar-refractivity contribution in [2.45, 2.75) is 52.2 Å². The van der Waals surface area contributed by atoms with Gasteiger partial charge >= 0.3 is 0 Å². The van der Waals surface area contributed by atoms with Crippen molar-refractivity contribution in [3.05, 3.63) is 72.0 Å². The van der Waals surface area contributed by atoms with Gasteiger partial charge in [-0.1, -0.05) is 45.0 Å². The van der Waals surface area contributed by atoms with E-state index in [4.69, 9.17) is 4.98 Å². The van der Waals surface area contributed by atoms with Crippen molar-refractivity contribution in [2.75, 3.05) is 6.54 Å². The summed E-state index contributed by atoms with van der Waals surface area (Å²) < 4.78 is 2.29. The second-order valence-corrected chi connectivity index (χ2v) is 8.49. The van der Waals surface area contributed by atoms with Crippen molar-refractivity contribution in [1.82, 2.24) is 19.4 Å². The van der Waals surface area contributed by atoms with Gasteiger partial charge in [0.1, 0.15) is 5.82 Å². The first kappa shape index (κ1) is 17.9. The molecule has 0 spiro atoms. The Labute approximate surface area is 161 Å². The Morgan fingerprint density at radius 1 is 1.22 bits per heavy atom. The summed E-state index contributed by atoms with van der Waals surface area (Å²) in [5.74, 6) is 0.946. The molecular formula is C23H28N4. The minimum Gasteiger partial charge on any atom is -0.343 e. The molecule has 0 bridgehead atoms. The summed E-state index contributed by atoms with van der Waals surface area (Å²) >= 11 is 0. The summed E-state index contributed by atoms with van der Waals surface area (Å²) in [7, 11) is 0. The lowest BCUT2D eigenvalue weighted by Crippen LogP contribution is -2.31. The van der Waals surface area contributed by atoms with Gasteiger partial charge in [0.2, 0.25) is 0 Å². The van der Waals surface area contributed by atoms with Crippen molar-refractivity contribution < 1.29 is 0 Å². The third-order valence-electron chi connectivity index (χ3n) is 5.27. The van der Waals surface area contributed by atoms with E-state index in [2.05, 4.69) is 72.3 Å². The van der Waals surface area contributed by atoms with Crippen molar-refractivity contribution in [2.24, 2.45) is 0 Å². The van der Waals surface area contributed by atoms with Gasteiger partial charge in [-0.05, 0) is 11.6 Å². The molecule has 1 aliphatic rings. The molecule has 1 aliphatic heterocycles. The van der Waals surface area contributed by atoms with Crippen molar-refractivity contribution in [3.63, 3.8) is 0 Å². The molecule has 140 valence electrons. The largest absolute Gasteiger partial charge is 0.343 e. The van der Waals surface area contributed by atoms with Crippen LogP contribution in [0.1, 0.15) is 43.4 Å². The topological polar surface area (TPSA) is 34.0 Å². The normalized spacial score (nSPS) is 15.1.